The summed E-state index contributed by atoms with van der Waals surface area (Å²) in [5, 5.41) is 4.05. The minimum absolute atomic E-state index is 0.0344. The van der Waals surface area contributed by atoms with E-state index in [2.05, 4.69) is 38.3 Å². The molecule has 0 saturated carbocycles. The molecule has 2 heterocycles. The first-order chi connectivity index (χ1) is 13.0. The van der Waals surface area contributed by atoms with Crippen LogP contribution in [0.4, 0.5) is 15.6 Å². The topological polar surface area (TPSA) is 48.5 Å². The van der Waals surface area contributed by atoms with Gasteiger partial charge in [0.15, 0.2) is 5.13 Å². The van der Waals surface area contributed by atoms with Gasteiger partial charge in [0, 0.05) is 36.3 Å². The SMILES string of the molecule is Cc1cc(C)cc(NC(=O)N2CCN(c3nc4ccc(Br)cc4s3)CC2)c1. The van der Waals surface area contributed by atoms with E-state index in [4.69, 9.17) is 4.98 Å². The molecule has 0 bridgehead atoms. The quantitative estimate of drug-likeness (QED) is 0.602. The van der Waals surface area contributed by atoms with Gasteiger partial charge >= 0.3 is 6.03 Å². The molecule has 1 aromatic heterocycles. The lowest BCUT2D eigenvalue weighted by molar-refractivity contribution is 0.208. The van der Waals surface area contributed by atoms with Gasteiger partial charge in [0.25, 0.3) is 0 Å². The minimum atomic E-state index is -0.0344. The Morgan fingerprint density at radius 3 is 2.48 bits per heavy atom. The third-order valence-corrected chi connectivity index (χ3v) is 6.22. The Kier molecular flexibility index (Phi) is 5.06. The van der Waals surface area contributed by atoms with E-state index in [0.29, 0.717) is 13.1 Å². The van der Waals surface area contributed by atoms with Gasteiger partial charge in [-0.1, -0.05) is 33.3 Å². The smallest absolute Gasteiger partial charge is 0.321 e. The average Bonchev–Trinajstić information content (AvgIpc) is 3.04. The van der Waals surface area contributed by atoms with Gasteiger partial charge in [-0.05, 0) is 55.3 Å². The van der Waals surface area contributed by atoms with Crippen molar-refractivity contribution in [3.63, 3.8) is 0 Å². The van der Waals surface area contributed by atoms with Crippen LogP contribution in [0, 0.1) is 13.8 Å². The van der Waals surface area contributed by atoms with Crippen LogP contribution >= 0.6 is 27.3 Å². The van der Waals surface area contributed by atoms with Crippen LogP contribution in [-0.4, -0.2) is 42.1 Å². The second kappa shape index (κ2) is 7.48. The van der Waals surface area contributed by atoms with E-state index >= 15 is 0 Å². The van der Waals surface area contributed by atoms with Crippen LogP contribution in [-0.2, 0) is 0 Å². The summed E-state index contributed by atoms with van der Waals surface area (Å²) in [7, 11) is 0. The normalized spacial score (nSPS) is 14.6. The van der Waals surface area contributed by atoms with Gasteiger partial charge < -0.3 is 15.1 Å². The summed E-state index contributed by atoms with van der Waals surface area (Å²) in [4.78, 5) is 21.5. The van der Waals surface area contributed by atoms with Gasteiger partial charge in [-0.2, -0.15) is 0 Å². The predicted octanol–water partition coefficient (Wildman–Crippen LogP) is 5.03. The van der Waals surface area contributed by atoms with Crippen molar-refractivity contribution in [1.29, 1.82) is 0 Å². The van der Waals surface area contributed by atoms with E-state index in [1.54, 1.807) is 11.3 Å². The molecule has 27 heavy (non-hydrogen) atoms. The number of piperazine rings is 1. The standard InChI is InChI=1S/C20H21BrN4OS/c1-13-9-14(2)11-16(10-13)22-19(26)24-5-7-25(8-6-24)20-23-17-4-3-15(21)12-18(17)27-20/h3-4,9-12H,5-8H2,1-2H3,(H,22,26). The molecule has 0 aliphatic carbocycles. The molecular weight excluding hydrogens is 424 g/mol. The molecule has 1 N–H and O–H groups in total. The second-order valence-electron chi connectivity index (χ2n) is 6.89. The zero-order valence-corrected chi connectivity index (χ0v) is 17.7. The van der Waals surface area contributed by atoms with E-state index in [0.717, 1.165) is 45.0 Å². The highest BCUT2D eigenvalue weighted by molar-refractivity contribution is 9.10. The number of hydrogen-bond donors (Lipinski definition) is 1. The maximum Gasteiger partial charge on any atom is 0.321 e. The average molecular weight is 445 g/mol. The Labute approximate surface area is 171 Å². The lowest BCUT2D eigenvalue weighted by Crippen LogP contribution is -2.50. The van der Waals surface area contributed by atoms with Crippen molar-refractivity contribution in [1.82, 2.24) is 9.88 Å². The molecule has 0 spiro atoms. The first-order valence-corrected chi connectivity index (χ1v) is 10.5. The van der Waals surface area contributed by atoms with Crippen molar-refractivity contribution in [2.45, 2.75) is 13.8 Å². The maximum absolute atomic E-state index is 12.6. The summed E-state index contributed by atoms with van der Waals surface area (Å²) < 4.78 is 2.24. The number of urea groups is 1. The number of hydrogen-bond acceptors (Lipinski definition) is 4. The van der Waals surface area contributed by atoms with Crippen LogP contribution < -0.4 is 10.2 Å². The van der Waals surface area contributed by atoms with Crippen molar-refractivity contribution >= 4 is 54.3 Å². The number of carbonyl (C=O) groups is 1. The number of fused-ring (bicyclic) bond motifs is 1. The van der Waals surface area contributed by atoms with Crippen LogP contribution in [0.25, 0.3) is 10.2 Å². The molecular formula is C20H21BrN4OS. The van der Waals surface area contributed by atoms with Gasteiger partial charge in [0.2, 0.25) is 0 Å². The molecule has 3 aromatic rings. The summed E-state index contributed by atoms with van der Waals surface area (Å²) in [5.74, 6) is 0. The Balaban J connectivity index is 1.39. The fraction of sp³-hybridized carbons (Fsp3) is 0.300. The van der Waals surface area contributed by atoms with Crippen molar-refractivity contribution in [2.24, 2.45) is 0 Å². The summed E-state index contributed by atoms with van der Waals surface area (Å²) in [5.41, 5.74) is 4.18. The monoisotopic (exact) mass is 444 g/mol. The Morgan fingerprint density at radius 2 is 1.78 bits per heavy atom. The number of amides is 2. The summed E-state index contributed by atoms with van der Waals surface area (Å²) in [6.45, 7) is 7.05. The van der Waals surface area contributed by atoms with E-state index < -0.39 is 0 Å². The molecule has 4 rings (SSSR count). The first kappa shape index (κ1) is 18.3. The molecule has 0 unspecified atom stereocenters. The van der Waals surface area contributed by atoms with Gasteiger partial charge in [0.1, 0.15) is 0 Å². The molecule has 0 atom stereocenters. The molecule has 1 aliphatic heterocycles. The molecule has 0 radical (unpaired) electrons. The summed E-state index contributed by atoms with van der Waals surface area (Å²) >= 11 is 5.21. The van der Waals surface area contributed by atoms with Crippen LogP contribution in [0.3, 0.4) is 0 Å². The molecule has 1 fully saturated rings. The van der Waals surface area contributed by atoms with E-state index in [1.807, 2.05) is 43.0 Å². The third kappa shape index (κ3) is 4.09. The van der Waals surface area contributed by atoms with Crippen molar-refractivity contribution in [3.05, 3.63) is 52.0 Å². The molecule has 140 valence electrons. The lowest BCUT2D eigenvalue weighted by atomic mass is 10.1. The predicted molar refractivity (Wildman–Crippen MR) is 116 cm³/mol. The largest absolute Gasteiger partial charge is 0.345 e. The number of thiazole rings is 1. The number of aryl methyl sites for hydroxylation is 2. The number of halogens is 1. The van der Waals surface area contributed by atoms with Gasteiger partial charge in [-0.25, -0.2) is 9.78 Å². The summed E-state index contributed by atoms with van der Waals surface area (Å²) in [6, 6.07) is 12.2. The third-order valence-electron chi connectivity index (χ3n) is 4.65. The zero-order chi connectivity index (χ0) is 19.0. The number of nitrogens with zero attached hydrogens (tertiary/aromatic N) is 3. The molecule has 7 heteroatoms. The van der Waals surface area contributed by atoms with Crippen molar-refractivity contribution < 1.29 is 4.79 Å². The van der Waals surface area contributed by atoms with E-state index in [9.17, 15) is 4.79 Å². The highest BCUT2D eigenvalue weighted by Crippen LogP contribution is 2.31. The highest BCUT2D eigenvalue weighted by Gasteiger charge is 2.23. The molecule has 1 aliphatic rings. The zero-order valence-electron chi connectivity index (χ0n) is 15.3. The Hall–Kier alpha value is -2.12. The first-order valence-electron chi connectivity index (χ1n) is 8.93. The molecule has 2 aromatic carbocycles. The second-order valence-corrected chi connectivity index (χ2v) is 8.81. The van der Waals surface area contributed by atoms with Crippen LogP contribution in [0.1, 0.15) is 11.1 Å². The molecule has 2 amide bonds. The van der Waals surface area contributed by atoms with Crippen LogP contribution in [0.5, 0.6) is 0 Å². The number of aromatic nitrogens is 1. The summed E-state index contributed by atoms with van der Waals surface area (Å²) in [6.07, 6.45) is 0. The maximum atomic E-state index is 12.6. The molecule has 1 saturated heterocycles. The van der Waals surface area contributed by atoms with Gasteiger partial charge in [-0.3, -0.25) is 0 Å². The van der Waals surface area contributed by atoms with E-state index in [1.165, 1.54) is 4.70 Å². The van der Waals surface area contributed by atoms with E-state index in [-0.39, 0.29) is 6.03 Å². The Morgan fingerprint density at radius 1 is 1.07 bits per heavy atom. The molecule has 5 nitrogen and oxygen atoms in total. The number of carbonyl (C=O) groups excluding carboxylic acids is 1. The number of benzene rings is 2. The van der Waals surface area contributed by atoms with Crippen molar-refractivity contribution in [3.8, 4) is 0 Å². The lowest BCUT2D eigenvalue weighted by Gasteiger charge is -2.34. The fourth-order valence-corrected chi connectivity index (χ4v) is 4.94. The number of anilines is 2. The Bertz CT molecular complexity index is 975. The van der Waals surface area contributed by atoms with Crippen molar-refractivity contribution in [2.75, 3.05) is 36.4 Å². The van der Waals surface area contributed by atoms with Gasteiger partial charge in [-0.15, -0.1) is 0 Å². The van der Waals surface area contributed by atoms with Crippen LogP contribution in [0.2, 0.25) is 0 Å². The highest BCUT2D eigenvalue weighted by atomic mass is 79.9. The van der Waals surface area contributed by atoms with Gasteiger partial charge in [0.05, 0.1) is 10.2 Å². The minimum Gasteiger partial charge on any atom is -0.345 e. The number of nitrogens with one attached hydrogen (secondary N) is 1. The number of rotatable bonds is 2. The van der Waals surface area contributed by atoms with Crippen LogP contribution in [0.15, 0.2) is 40.9 Å². The fourth-order valence-electron chi connectivity index (χ4n) is 3.37.